The molecule has 0 N–H and O–H groups in total. The van der Waals surface area contributed by atoms with Crippen LogP contribution in [0.4, 0.5) is 4.79 Å². The molecular formula is C15H21ClN2O3. The topological polar surface area (TPSA) is 51.7 Å². The SMILES string of the molecule is C[C@H]1CN(C(=O)OC(C)(C)C)[C@H]1COc1ccc(Cl)nc1. The third-order valence-corrected chi connectivity index (χ3v) is 3.51. The zero-order valence-corrected chi connectivity index (χ0v) is 13.6. The van der Waals surface area contributed by atoms with E-state index >= 15 is 0 Å². The highest BCUT2D eigenvalue weighted by atomic mass is 35.5. The molecule has 0 aliphatic carbocycles. The second-order valence-corrected chi connectivity index (χ2v) is 6.69. The smallest absolute Gasteiger partial charge is 0.410 e. The molecular weight excluding hydrogens is 292 g/mol. The van der Waals surface area contributed by atoms with Crippen molar-refractivity contribution in [2.24, 2.45) is 5.92 Å². The third-order valence-electron chi connectivity index (χ3n) is 3.29. The van der Waals surface area contributed by atoms with Gasteiger partial charge in [-0.25, -0.2) is 9.78 Å². The van der Waals surface area contributed by atoms with E-state index in [2.05, 4.69) is 11.9 Å². The minimum atomic E-state index is -0.485. The highest BCUT2D eigenvalue weighted by molar-refractivity contribution is 6.29. The zero-order valence-electron chi connectivity index (χ0n) is 12.8. The molecule has 2 heterocycles. The average Bonchev–Trinajstić information content (AvgIpc) is 2.36. The number of carbonyl (C=O) groups excluding carboxylic acids is 1. The minimum absolute atomic E-state index is 0.0236. The molecule has 0 saturated carbocycles. The van der Waals surface area contributed by atoms with Gasteiger partial charge in [-0.2, -0.15) is 0 Å². The Hall–Kier alpha value is -1.49. The summed E-state index contributed by atoms with van der Waals surface area (Å²) < 4.78 is 11.1. The summed E-state index contributed by atoms with van der Waals surface area (Å²) in [6, 6.07) is 3.46. The number of hydrogen-bond donors (Lipinski definition) is 0. The van der Waals surface area contributed by atoms with Crippen LogP contribution in [-0.4, -0.2) is 40.8 Å². The van der Waals surface area contributed by atoms with Crippen molar-refractivity contribution in [1.29, 1.82) is 0 Å². The maximum Gasteiger partial charge on any atom is 0.410 e. The molecule has 1 amide bonds. The summed E-state index contributed by atoms with van der Waals surface area (Å²) >= 11 is 5.73. The summed E-state index contributed by atoms with van der Waals surface area (Å²) in [5, 5.41) is 0.426. The number of hydrogen-bond acceptors (Lipinski definition) is 4. The number of carbonyl (C=O) groups is 1. The predicted octanol–water partition coefficient (Wildman–Crippen LogP) is 3.37. The molecule has 116 valence electrons. The van der Waals surface area contributed by atoms with Gasteiger partial charge in [0.25, 0.3) is 0 Å². The van der Waals surface area contributed by atoms with Crippen molar-refractivity contribution in [3.63, 3.8) is 0 Å². The van der Waals surface area contributed by atoms with Gasteiger partial charge in [-0.05, 0) is 38.8 Å². The van der Waals surface area contributed by atoms with Crippen LogP contribution in [-0.2, 0) is 4.74 Å². The van der Waals surface area contributed by atoms with Crippen LogP contribution < -0.4 is 4.74 Å². The lowest BCUT2D eigenvalue weighted by Crippen LogP contribution is -2.60. The van der Waals surface area contributed by atoms with Crippen LogP contribution in [0.5, 0.6) is 5.75 Å². The molecule has 21 heavy (non-hydrogen) atoms. The van der Waals surface area contributed by atoms with Gasteiger partial charge in [0.05, 0.1) is 12.2 Å². The lowest BCUT2D eigenvalue weighted by molar-refractivity contribution is -0.0377. The summed E-state index contributed by atoms with van der Waals surface area (Å²) in [5.74, 6) is 1.03. The van der Waals surface area contributed by atoms with Crippen LogP contribution in [0.25, 0.3) is 0 Å². The van der Waals surface area contributed by atoms with Gasteiger partial charge in [-0.3, -0.25) is 0 Å². The summed E-state index contributed by atoms with van der Waals surface area (Å²) in [7, 11) is 0. The Morgan fingerprint density at radius 3 is 2.71 bits per heavy atom. The van der Waals surface area contributed by atoms with Gasteiger partial charge < -0.3 is 14.4 Å². The summed E-state index contributed by atoms with van der Waals surface area (Å²) in [5.41, 5.74) is -0.485. The van der Waals surface area contributed by atoms with Gasteiger partial charge in [0.2, 0.25) is 0 Å². The van der Waals surface area contributed by atoms with Crippen molar-refractivity contribution in [1.82, 2.24) is 9.88 Å². The van der Waals surface area contributed by atoms with E-state index in [1.165, 1.54) is 0 Å². The number of likely N-dealkylation sites (tertiary alicyclic amines) is 1. The number of nitrogens with zero attached hydrogens (tertiary/aromatic N) is 2. The predicted molar refractivity (Wildman–Crippen MR) is 80.6 cm³/mol. The first kappa shape index (κ1) is 15.9. The Bertz CT molecular complexity index is 499. The van der Waals surface area contributed by atoms with Crippen LogP contribution in [0.15, 0.2) is 18.3 Å². The molecule has 0 bridgehead atoms. The average molecular weight is 313 g/mol. The molecule has 0 radical (unpaired) electrons. The van der Waals surface area contributed by atoms with E-state index in [0.29, 0.717) is 30.0 Å². The van der Waals surface area contributed by atoms with E-state index < -0.39 is 5.60 Å². The molecule has 1 aliphatic rings. The number of amides is 1. The van der Waals surface area contributed by atoms with Crippen LogP contribution in [0.2, 0.25) is 5.15 Å². The normalized spacial score (nSPS) is 21.7. The molecule has 2 atom stereocenters. The molecule has 1 aromatic heterocycles. The fraction of sp³-hybridized carbons (Fsp3) is 0.600. The zero-order chi connectivity index (χ0) is 15.6. The van der Waals surface area contributed by atoms with Crippen LogP contribution in [0.3, 0.4) is 0 Å². The second kappa shape index (κ2) is 6.10. The van der Waals surface area contributed by atoms with Crippen molar-refractivity contribution in [2.45, 2.75) is 39.3 Å². The molecule has 0 aromatic carbocycles. The lowest BCUT2D eigenvalue weighted by atomic mass is 9.91. The lowest BCUT2D eigenvalue weighted by Gasteiger charge is -2.46. The summed E-state index contributed by atoms with van der Waals surface area (Å²) in [4.78, 5) is 17.7. The minimum Gasteiger partial charge on any atom is -0.490 e. The van der Waals surface area contributed by atoms with Crippen molar-refractivity contribution < 1.29 is 14.3 Å². The van der Waals surface area contributed by atoms with Gasteiger partial charge in [0, 0.05) is 6.54 Å². The maximum atomic E-state index is 12.1. The van der Waals surface area contributed by atoms with E-state index in [1.807, 2.05) is 20.8 Å². The molecule has 5 nitrogen and oxygen atoms in total. The molecule has 1 saturated heterocycles. The van der Waals surface area contributed by atoms with Gasteiger partial charge in [0.1, 0.15) is 23.1 Å². The fourth-order valence-corrected chi connectivity index (χ4v) is 2.26. The standard InChI is InChI=1S/C15H21ClN2O3/c1-10-8-18(14(19)21-15(2,3)4)12(10)9-20-11-5-6-13(16)17-7-11/h5-7,10,12H,8-9H2,1-4H3/t10-,12-/m0/s1. The van der Waals surface area contributed by atoms with E-state index in [1.54, 1.807) is 23.2 Å². The number of pyridine rings is 1. The summed E-state index contributed by atoms with van der Waals surface area (Å²) in [6.07, 6.45) is 1.28. The van der Waals surface area contributed by atoms with Crippen LogP contribution >= 0.6 is 11.6 Å². The molecule has 1 aliphatic heterocycles. The Balaban J connectivity index is 1.89. The molecule has 2 rings (SSSR count). The molecule has 0 spiro atoms. The molecule has 0 unspecified atom stereocenters. The summed E-state index contributed by atoms with van der Waals surface area (Å²) in [6.45, 7) is 8.79. The quantitative estimate of drug-likeness (QED) is 0.803. The number of rotatable bonds is 3. The van der Waals surface area contributed by atoms with Crippen molar-refractivity contribution in [2.75, 3.05) is 13.2 Å². The van der Waals surface area contributed by atoms with E-state index in [4.69, 9.17) is 21.1 Å². The largest absolute Gasteiger partial charge is 0.490 e. The highest BCUT2D eigenvalue weighted by Crippen LogP contribution is 2.27. The first-order chi connectivity index (χ1) is 9.76. The van der Waals surface area contributed by atoms with Crippen molar-refractivity contribution >= 4 is 17.7 Å². The van der Waals surface area contributed by atoms with Gasteiger partial charge in [0.15, 0.2) is 0 Å². The third kappa shape index (κ3) is 4.24. The van der Waals surface area contributed by atoms with Crippen molar-refractivity contribution in [3.8, 4) is 5.75 Å². The molecule has 1 fully saturated rings. The van der Waals surface area contributed by atoms with E-state index in [9.17, 15) is 4.79 Å². The molecule has 6 heteroatoms. The Morgan fingerprint density at radius 2 is 2.19 bits per heavy atom. The molecule has 1 aromatic rings. The van der Waals surface area contributed by atoms with Gasteiger partial charge >= 0.3 is 6.09 Å². The Labute approximate surface area is 130 Å². The van der Waals surface area contributed by atoms with E-state index in [-0.39, 0.29) is 12.1 Å². The second-order valence-electron chi connectivity index (χ2n) is 6.30. The Morgan fingerprint density at radius 1 is 1.48 bits per heavy atom. The number of ether oxygens (including phenoxy) is 2. The number of aromatic nitrogens is 1. The maximum absolute atomic E-state index is 12.1. The van der Waals surface area contributed by atoms with Crippen LogP contribution in [0, 0.1) is 5.92 Å². The van der Waals surface area contributed by atoms with E-state index in [0.717, 1.165) is 0 Å². The van der Waals surface area contributed by atoms with Crippen molar-refractivity contribution in [3.05, 3.63) is 23.5 Å². The van der Waals surface area contributed by atoms with Gasteiger partial charge in [-0.1, -0.05) is 18.5 Å². The Kier molecular flexibility index (Phi) is 4.61. The number of halogens is 1. The first-order valence-electron chi connectivity index (χ1n) is 7.00. The van der Waals surface area contributed by atoms with Gasteiger partial charge in [-0.15, -0.1) is 0 Å². The highest BCUT2D eigenvalue weighted by Gasteiger charge is 2.41. The van der Waals surface area contributed by atoms with Crippen LogP contribution in [0.1, 0.15) is 27.7 Å². The fourth-order valence-electron chi connectivity index (χ4n) is 2.15. The first-order valence-corrected chi connectivity index (χ1v) is 7.38. The monoisotopic (exact) mass is 312 g/mol.